The summed E-state index contributed by atoms with van der Waals surface area (Å²) >= 11 is 0. The number of pyridine rings is 1. The van der Waals surface area contributed by atoms with Gasteiger partial charge in [0.05, 0.1) is 6.54 Å². The molecule has 0 amide bonds. The Morgan fingerprint density at radius 1 is 1.11 bits per heavy atom. The summed E-state index contributed by atoms with van der Waals surface area (Å²) in [7, 11) is 0. The second-order valence-electron chi connectivity index (χ2n) is 5.94. The zero-order chi connectivity index (χ0) is 19.1. The van der Waals surface area contributed by atoms with Gasteiger partial charge in [-0.3, -0.25) is 0 Å². The van der Waals surface area contributed by atoms with E-state index >= 15 is 0 Å². The number of aryl methyl sites for hydroxylation is 1. The minimum Gasteiger partial charge on any atom is -0.439 e. The van der Waals surface area contributed by atoms with Crippen LogP contribution in [0, 0.1) is 5.82 Å². The summed E-state index contributed by atoms with van der Waals surface area (Å²) in [5.41, 5.74) is 8.99. The molecule has 0 fully saturated rings. The highest BCUT2D eigenvalue weighted by atomic mass is 19.1. The van der Waals surface area contributed by atoms with Crippen LogP contribution < -0.4 is 15.8 Å². The van der Waals surface area contributed by atoms with Crippen molar-refractivity contribution in [2.75, 3.05) is 5.32 Å². The van der Waals surface area contributed by atoms with Crippen LogP contribution in [0.4, 0.5) is 10.1 Å². The van der Waals surface area contributed by atoms with E-state index in [1.54, 1.807) is 24.4 Å². The lowest BCUT2D eigenvalue weighted by molar-refractivity contribution is 0.461. The van der Waals surface area contributed by atoms with Gasteiger partial charge in [-0.2, -0.15) is 0 Å². The Balaban J connectivity index is 1.57. The van der Waals surface area contributed by atoms with Crippen LogP contribution in [0.5, 0.6) is 11.6 Å². The number of nitrogens with two attached hydrogens (primary N) is 1. The number of nitrogens with zero attached hydrogens (tertiary/aromatic N) is 2. The predicted molar refractivity (Wildman–Crippen MR) is 105 cm³/mol. The van der Waals surface area contributed by atoms with Gasteiger partial charge in [0, 0.05) is 18.0 Å². The zero-order valence-electron chi connectivity index (χ0n) is 15.0. The van der Waals surface area contributed by atoms with Crippen molar-refractivity contribution in [2.45, 2.75) is 19.9 Å². The number of hydrogen-bond acceptors (Lipinski definition) is 3. The first-order chi connectivity index (χ1) is 13.1. The standard InChI is InChI=1S/C21H21FN4O/c1-2-15-4-3-5-18(12-15)26-21(23)25-14-16-6-11-20(24-13-16)27-19-9-7-17(22)8-10-19/h3-13H,2,14H2,1H3,(H3,23,25,26). The van der Waals surface area contributed by atoms with Crippen molar-refractivity contribution in [2.24, 2.45) is 10.7 Å². The van der Waals surface area contributed by atoms with Crippen LogP contribution in [0.2, 0.25) is 0 Å². The Kier molecular flexibility index (Phi) is 5.99. The maximum atomic E-state index is 12.9. The van der Waals surface area contributed by atoms with Crippen molar-refractivity contribution in [3.8, 4) is 11.6 Å². The highest BCUT2D eigenvalue weighted by Gasteiger charge is 2.01. The number of guanidine groups is 1. The smallest absolute Gasteiger partial charge is 0.219 e. The Hall–Kier alpha value is -3.41. The molecule has 6 heteroatoms. The largest absolute Gasteiger partial charge is 0.439 e. The number of rotatable bonds is 6. The summed E-state index contributed by atoms with van der Waals surface area (Å²) in [5, 5.41) is 3.09. The number of ether oxygens (including phenoxy) is 1. The molecule has 0 unspecified atom stereocenters. The fraction of sp³-hybridized carbons (Fsp3) is 0.143. The normalized spacial score (nSPS) is 11.3. The van der Waals surface area contributed by atoms with E-state index in [1.165, 1.54) is 17.7 Å². The second kappa shape index (κ2) is 8.80. The first-order valence-corrected chi connectivity index (χ1v) is 8.66. The number of aliphatic imine (C=N–C) groups is 1. The summed E-state index contributed by atoms with van der Waals surface area (Å²) in [6.07, 6.45) is 2.64. The molecule has 3 aromatic rings. The van der Waals surface area contributed by atoms with E-state index in [0.29, 0.717) is 24.1 Å². The number of benzene rings is 2. The first-order valence-electron chi connectivity index (χ1n) is 8.66. The van der Waals surface area contributed by atoms with E-state index in [1.807, 2.05) is 24.3 Å². The molecule has 3 rings (SSSR count). The fourth-order valence-corrected chi connectivity index (χ4v) is 2.42. The van der Waals surface area contributed by atoms with Gasteiger partial charge in [0.15, 0.2) is 5.96 Å². The van der Waals surface area contributed by atoms with Gasteiger partial charge in [-0.15, -0.1) is 0 Å². The van der Waals surface area contributed by atoms with Gasteiger partial charge >= 0.3 is 0 Å². The monoisotopic (exact) mass is 364 g/mol. The summed E-state index contributed by atoms with van der Waals surface area (Å²) in [4.78, 5) is 8.56. The predicted octanol–water partition coefficient (Wildman–Crippen LogP) is 4.50. The Labute approximate surface area is 157 Å². The molecule has 0 atom stereocenters. The molecule has 0 saturated heterocycles. The van der Waals surface area contributed by atoms with E-state index in [4.69, 9.17) is 10.5 Å². The van der Waals surface area contributed by atoms with Gasteiger partial charge in [0.25, 0.3) is 0 Å². The van der Waals surface area contributed by atoms with Gasteiger partial charge in [-0.25, -0.2) is 14.4 Å². The third-order valence-electron chi connectivity index (χ3n) is 3.87. The molecule has 138 valence electrons. The SMILES string of the molecule is CCc1cccc(NC(N)=NCc2ccc(Oc3ccc(F)cc3)nc2)c1. The van der Waals surface area contributed by atoms with Crippen molar-refractivity contribution < 1.29 is 9.13 Å². The van der Waals surface area contributed by atoms with Crippen LogP contribution >= 0.6 is 0 Å². The highest BCUT2D eigenvalue weighted by Crippen LogP contribution is 2.19. The number of nitrogens with one attached hydrogen (secondary N) is 1. The van der Waals surface area contributed by atoms with Crippen LogP contribution in [0.1, 0.15) is 18.1 Å². The molecule has 0 radical (unpaired) electrons. The third kappa shape index (κ3) is 5.54. The average molecular weight is 364 g/mol. The quantitative estimate of drug-likeness (QED) is 0.499. The van der Waals surface area contributed by atoms with Crippen molar-refractivity contribution in [1.82, 2.24) is 4.98 Å². The number of aromatic nitrogens is 1. The Bertz CT molecular complexity index is 908. The van der Waals surface area contributed by atoms with Crippen LogP contribution in [0.3, 0.4) is 0 Å². The number of anilines is 1. The first kappa shape index (κ1) is 18.4. The molecule has 2 aromatic carbocycles. The number of hydrogen-bond donors (Lipinski definition) is 2. The molecule has 3 N–H and O–H groups in total. The molecule has 1 aromatic heterocycles. The van der Waals surface area contributed by atoms with Crippen LogP contribution in [0.25, 0.3) is 0 Å². The molecule has 0 aliphatic rings. The second-order valence-corrected chi connectivity index (χ2v) is 5.94. The minimum absolute atomic E-state index is 0.309. The van der Waals surface area contributed by atoms with Gasteiger partial charge in [0.2, 0.25) is 5.88 Å². The Morgan fingerprint density at radius 3 is 2.63 bits per heavy atom. The van der Waals surface area contributed by atoms with E-state index in [9.17, 15) is 4.39 Å². The van der Waals surface area contributed by atoms with Crippen molar-refractivity contribution in [3.05, 3.63) is 83.8 Å². The Morgan fingerprint density at radius 2 is 1.93 bits per heavy atom. The maximum Gasteiger partial charge on any atom is 0.219 e. The van der Waals surface area contributed by atoms with Gasteiger partial charge in [-0.05, 0) is 53.9 Å². The van der Waals surface area contributed by atoms with Crippen LogP contribution in [-0.4, -0.2) is 10.9 Å². The summed E-state index contributed by atoms with van der Waals surface area (Å²) < 4.78 is 18.5. The van der Waals surface area contributed by atoms with Crippen molar-refractivity contribution >= 4 is 11.6 Å². The molecule has 0 aliphatic heterocycles. The lowest BCUT2D eigenvalue weighted by atomic mass is 10.1. The molecule has 1 heterocycles. The lowest BCUT2D eigenvalue weighted by Crippen LogP contribution is -2.22. The molecule has 27 heavy (non-hydrogen) atoms. The zero-order valence-corrected chi connectivity index (χ0v) is 15.0. The molecular formula is C21H21FN4O. The average Bonchev–Trinajstić information content (AvgIpc) is 2.69. The number of halogens is 1. The topological polar surface area (TPSA) is 72.5 Å². The van der Waals surface area contributed by atoms with E-state index in [-0.39, 0.29) is 5.82 Å². The third-order valence-corrected chi connectivity index (χ3v) is 3.87. The van der Waals surface area contributed by atoms with Crippen molar-refractivity contribution in [1.29, 1.82) is 0 Å². The summed E-state index contributed by atoms with van der Waals surface area (Å²) in [6, 6.07) is 17.4. The minimum atomic E-state index is -0.309. The van der Waals surface area contributed by atoms with Gasteiger partial charge < -0.3 is 15.8 Å². The van der Waals surface area contributed by atoms with E-state index < -0.39 is 0 Å². The molecule has 0 saturated carbocycles. The molecular weight excluding hydrogens is 343 g/mol. The van der Waals surface area contributed by atoms with Crippen LogP contribution in [-0.2, 0) is 13.0 Å². The van der Waals surface area contributed by atoms with Crippen molar-refractivity contribution in [3.63, 3.8) is 0 Å². The molecule has 5 nitrogen and oxygen atoms in total. The molecule has 0 spiro atoms. The van der Waals surface area contributed by atoms with Gasteiger partial charge in [-0.1, -0.05) is 25.1 Å². The maximum absolute atomic E-state index is 12.9. The molecule has 0 bridgehead atoms. The lowest BCUT2D eigenvalue weighted by Gasteiger charge is -2.07. The summed E-state index contributed by atoms with van der Waals surface area (Å²) in [6.45, 7) is 2.50. The molecule has 0 aliphatic carbocycles. The van der Waals surface area contributed by atoms with E-state index in [0.717, 1.165) is 17.7 Å². The summed E-state index contributed by atoms with van der Waals surface area (Å²) in [5.74, 6) is 0.986. The highest BCUT2D eigenvalue weighted by molar-refractivity contribution is 5.92. The van der Waals surface area contributed by atoms with E-state index in [2.05, 4.69) is 28.3 Å². The van der Waals surface area contributed by atoms with Gasteiger partial charge in [0.1, 0.15) is 11.6 Å². The fourth-order valence-electron chi connectivity index (χ4n) is 2.42. The van der Waals surface area contributed by atoms with Crippen LogP contribution in [0.15, 0.2) is 71.9 Å².